The van der Waals surface area contributed by atoms with E-state index in [1.807, 2.05) is 0 Å². The highest BCUT2D eigenvalue weighted by molar-refractivity contribution is 5.85. The number of aromatic amines is 1. The molecule has 2 rings (SSSR count). The van der Waals surface area contributed by atoms with Gasteiger partial charge in [0.2, 0.25) is 0 Å². The van der Waals surface area contributed by atoms with Gasteiger partial charge in [-0.05, 0) is 12.1 Å². The molecule has 0 bridgehead atoms. The number of alkyl halides is 6. The SMILES string of the molecule is O=c1[nH]cc(C(F)(F)F)c2ccc(C(F)(F)F)cc12. The lowest BCUT2D eigenvalue weighted by Crippen LogP contribution is -2.14. The van der Waals surface area contributed by atoms with Crippen molar-refractivity contribution in [1.29, 1.82) is 0 Å². The van der Waals surface area contributed by atoms with Gasteiger partial charge in [-0.3, -0.25) is 4.79 Å². The number of hydrogen-bond acceptors (Lipinski definition) is 1. The maximum atomic E-state index is 12.6. The molecule has 0 atom stereocenters. The van der Waals surface area contributed by atoms with Crippen LogP contribution >= 0.6 is 0 Å². The number of fused-ring (bicyclic) bond motifs is 1. The Morgan fingerprint density at radius 2 is 1.53 bits per heavy atom. The van der Waals surface area contributed by atoms with E-state index in [1.165, 1.54) is 0 Å². The van der Waals surface area contributed by atoms with E-state index in [1.54, 1.807) is 4.98 Å². The quantitative estimate of drug-likeness (QED) is 0.736. The highest BCUT2D eigenvalue weighted by Crippen LogP contribution is 2.35. The third-order valence-electron chi connectivity index (χ3n) is 2.53. The number of aromatic nitrogens is 1. The van der Waals surface area contributed by atoms with Gasteiger partial charge >= 0.3 is 12.4 Å². The van der Waals surface area contributed by atoms with Gasteiger partial charge in [0.05, 0.1) is 11.1 Å². The van der Waals surface area contributed by atoms with Crippen LogP contribution in [0.1, 0.15) is 11.1 Å². The molecule has 0 amide bonds. The van der Waals surface area contributed by atoms with Crippen LogP contribution in [0.15, 0.2) is 29.2 Å². The van der Waals surface area contributed by atoms with E-state index in [0.29, 0.717) is 24.4 Å². The fraction of sp³-hybridized carbons (Fsp3) is 0.182. The van der Waals surface area contributed by atoms with E-state index >= 15 is 0 Å². The first kappa shape index (κ1) is 13.4. The lowest BCUT2D eigenvalue weighted by atomic mass is 10.0. The Morgan fingerprint density at radius 3 is 2.05 bits per heavy atom. The zero-order valence-electron chi connectivity index (χ0n) is 8.99. The summed E-state index contributed by atoms with van der Waals surface area (Å²) in [5.41, 5.74) is -3.37. The average molecular weight is 281 g/mol. The molecule has 0 aliphatic carbocycles. The van der Waals surface area contributed by atoms with Crippen LogP contribution in [0.25, 0.3) is 10.8 Å². The Balaban J connectivity index is 2.82. The molecule has 19 heavy (non-hydrogen) atoms. The van der Waals surface area contributed by atoms with E-state index < -0.39 is 39.8 Å². The van der Waals surface area contributed by atoms with Crippen LogP contribution in [-0.4, -0.2) is 4.98 Å². The van der Waals surface area contributed by atoms with Gasteiger partial charge in [0.25, 0.3) is 5.56 Å². The highest BCUT2D eigenvalue weighted by atomic mass is 19.4. The summed E-state index contributed by atoms with van der Waals surface area (Å²) < 4.78 is 75.3. The number of hydrogen-bond donors (Lipinski definition) is 1. The number of rotatable bonds is 0. The third-order valence-corrected chi connectivity index (χ3v) is 2.53. The largest absolute Gasteiger partial charge is 0.418 e. The number of H-pyrrole nitrogens is 1. The number of nitrogens with one attached hydrogen (secondary N) is 1. The number of halogens is 6. The van der Waals surface area contributed by atoms with Crippen LogP contribution in [0.4, 0.5) is 26.3 Å². The van der Waals surface area contributed by atoms with E-state index in [0.717, 1.165) is 0 Å². The Morgan fingerprint density at radius 1 is 0.895 bits per heavy atom. The van der Waals surface area contributed by atoms with Gasteiger partial charge in [-0.25, -0.2) is 0 Å². The van der Waals surface area contributed by atoms with Crippen LogP contribution in [-0.2, 0) is 12.4 Å². The van der Waals surface area contributed by atoms with E-state index in [9.17, 15) is 31.1 Å². The lowest BCUT2D eigenvalue weighted by molar-refractivity contribution is -0.137. The van der Waals surface area contributed by atoms with Crippen molar-refractivity contribution >= 4 is 10.8 Å². The van der Waals surface area contributed by atoms with Gasteiger partial charge in [0.1, 0.15) is 0 Å². The van der Waals surface area contributed by atoms with Crippen LogP contribution in [0, 0.1) is 0 Å². The smallest absolute Gasteiger partial charge is 0.328 e. The minimum absolute atomic E-state index is 0.406. The average Bonchev–Trinajstić information content (AvgIpc) is 2.26. The van der Waals surface area contributed by atoms with E-state index in [-0.39, 0.29) is 0 Å². The summed E-state index contributed by atoms with van der Waals surface area (Å²) in [6.07, 6.45) is -9.05. The minimum Gasteiger partial charge on any atom is -0.328 e. The van der Waals surface area contributed by atoms with Crippen molar-refractivity contribution in [3.63, 3.8) is 0 Å². The van der Waals surface area contributed by atoms with Gasteiger partial charge in [-0.1, -0.05) is 6.07 Å². The minimum atomic E-state index is -4.76. The zero-order valence-corrected chi connectivity index (χ0v) is 8.99. The molecule has 2 nitrogen and oxygen atoms in total. The summed E-state index contributed by atoms with van der Waals surface area (Å²) in [6, 6.07) is 1.57. The summed E-state index contributed by atoms with van der Waals surface area (Å²) in [4.78, 5) is 13.1. The highest BCUT2D eigenvalue weighted by Gasteiger charge is 2.35. The zero-order chi connectivity index (χ0) is 14.4. The summed E-state index contributed by atoms with van der Waals surface area (Å²) in [5, 5.41) is -1.21. The summed E-state index contributed by atoms with van der Waals surface area (Å²) in [7, 11) is 0. The fourth-order valence-corrected chi connectivity index (χ4v) is 1.67. The Bertz CT molecular complexity index is 682. The molecule has 2 aromatic rings. The van der Waals surface area contributed by atoms with Crippen molar-refractivity contribution in [1.82, 2.24) is 4.98 Å². The molecule has 1 aromatic carbocycles. The molecule has 8 heteroatoms. The van der Waals surface area contributed by atoms with E-state index in [2.05, 4.69) is 0 Å². The molecule has 0 saturated heterocycles. The molecule has 0 unspecified atom stereocenters. The molecule has 1 aromatic heterocycles. The van der Waals surface area contributed by atoms with E-state index in [4.69, 9.17) is 0 Å². The molecule has 0 aliphatic heterocycles. The normalized spacial score (nSPS) is 12.9. The molecule has 0 aliphatic rings. The standard InChI is InChI=1S/C11H5F6NO/c12-10(13,14)5-1-2-6-7(3-5)9(19)18-4-8(6)11(15,16)17/h1-4H,(H,18,19). The topological polar surface area (TPSA) is 32.9 Å². The first-order valence-corrected chi connectivity index (χ1v) is 4.90. The van der Waals surface area contributed by atoms with Crippen LogP contribution in [0.5, 0.6) is 0 Å². The Labute approximate surface area is 101 Å². The monoisotopic (exact) mass is 281 g/mol. The second kappa shape index (κ2) is 4.01. The molecule has 1 heterocycles. The number of pyridine rings is 1. The second-order valence-electron chi connectivity index (χ2n) is 3.79. The van der Waals surface area contributed by atoms with Gasteiger partial charge < -0.3 is 4.98 Å². The predicted octanol–water partition coefficient (Wildman–Crippen LogP) is 3.57. The number of benzene rings is 1. The van der Waals surface area contributed by atoms with Crippen LogP contribution < -0.4 is 5.56 Å². The third kappa shape index (κ3) is 2.42. The predicted molar refractivity (Wildman–Crippen MR) is 54.6 cm³/mol. The summed E-state index contributed by atoms with van der Waals surface area (Å²) in [5.74, 6) is 0. The summed E-state index contributed by atoms with van der Waals surface area (Å²) >= 11 is 0. The first-order chi connectivity index (χ1) is 8.60. The van der Waals surface area contributed by atoms with Crippen molar-refractivity contribution in [3.8, 4) is 0 Å². The van der Waals surface area contributed by atoms with Crippen molar-refractivity contribution in [2.45, 2.75) is 12.4 Å². The fourth-order valence-electron chi connectivity index (χ4n) is 1.67. The molecule has 0 fully saturated rings. The molecule has 0 saturated carbocycles. The van der Waals surface area contributed by atoms with Crippen molar-refractivity contribution in [2.75, 3.05) is 0 Å². The van der Waals surface area contributed by atoms with Gasteiger partial charge in [0.15, 0.2) is 0 Å². The maximum Gasteiger partial charge on any atom is 0.418 e. The lowest BCUT2D eigenvalue weighted by Gasteiger charge is -2.11. The van der Waals surface area contributed by atoms with Crippen molar-refractivity contribution < 1.29 is 26.3 Å². The maximum absolute atomic E-state index is 12.6. The Kier molecular flexibility index (Phi) is 2.83. The van der Waals surface area contributed by atoms with Crippen molar-refractivity contribution in [3.05, 3.63) is 45.9 Å². The molecule has 0 spiro atoms. The molecule has 1 N–H and O–H groups in total. The first-order valence-electron chi connectivity index (χ1n) is 4.90. The molecule has 0 radical (unpaired) electrons. The molecular weight excluding hydrogens is 276 g/mol. The van der Waals surface area contributed by atoms with Gasteiger partial charge in [-0.2, -0.15) is 26.3 Å². The molecule has 102 valence electrons. The summed E-state index contributed by atoms with van der Waals surface area (Å²) in [6.45, 7) is 0. The van der Waals surface area contributed by atoms with Crippen LogP contribution in [0.2, 0.25) is 0 Å². The Hall–Kier alpha value is -1.99. The molecular formula is C11H5F6NO. The van der Waals surface area contributed by atoms with Crippen molar-refractivity contribution in [2.24, 2.45) is 0 Å². The van der Waals surface area contributed by atoms with Gasteiger partial charge in [0, 0.05) is 17.0 Å². The van der Waals surface area contributed by atoms with Gasteiger partial charge in [-0.15, -0.1) is 0 Å². The van der Waals surface area contributed by atoms with Crippen LogP contribution in [0.3, 0.4) is 0 Å². The second-order valence-corrected chi connectivity index (χ2v) is 3.79.